The van der Waals surface area contributed by atoms with E-state index in [0.29, 0.717) is 28.4 Å². The predicted octanol–water partition coefficient (Wildman–Crippen LogP) is 6.53. The van der Waals surface area contributed by atoms with E-state index in [1.54, 1.807) is 17.0 Å². The lowest BCUT2D eigenvalue weighted by molar-refractivity contribution is -0.384. The first-order chi connectivity index (χ1) is 22.7. The van der Waals surface area contributed by atoms with Gasteiger partial charge in [0.1, 0.15) is 17.0 Å². The SMILES string of the molecule is COC(=O)c1cc([N+](=O)[O-])c(N2C[C@H]3[C@@H](C2=O)[C@H](c2cccc(Cl)c2F)[C@]2(C(=O)Nc4cc(Cl)ccc42)N3CC2CC2)cc1C(F)(F)F. The van der Waals surface area contributed by atoms with E-state index < -0.39 is 80.6 Å². The lowest BCUT2D eigenvalue weighted by atomic mass is 9.71. The fourth-order valence-electron chi connectivity index (χ4n) is 7.69. The molecule has 3 aliphatic heterocycles. The first kappa shape index (κ1) is 32.3. The Bertz CT molecular complexity index is 1940. The van der Waals surface area contributed by atoms with Gasteiger partial charge in [-0.1, -0.05) is 41.4 Å². The molecule has 3 aromatic rings. The zero-order valence-electron chi connectivity index (χ0n) is 24.8. The molecule has 0 bridgehead atoms. The average molecular weight is 707 g/mol. The van der Waals surface area contributed by atoms with Gasteiger partial charge in [-0.15, -0.1) is 0 Å². The summed E-state index contributed by atoms with van der Waals surface area (Å²) in [5.41, 5.74) is -5.23. The zero-order chi connectivity index (χ0) is 34.4. The Labute approximate surface area is 279 Å². The largest absolute Gasteiger partial charge is 0.465 e. The quantitative estimate of drug-likeness (QED) is 0.134. The Morgan fingerprint density at radius 3 is 2.52 bits per heavy atom. The topological polar surface area (TPSA) is 122 Å². The summed E-state index contributed by atoms with van der Waals surface area (Å²) >= 11 is 12.5. The van der Waals surface area contributed by atoms with Gasteiger partial charge in [0.2, 0.25) is 11.8 Å². The number of nitrogens with one attached hydrogen (secondary N) is 1. The minimum Gasteiger partial charge on any atom is -0.465 e. The Hall–Kier alpha value is -4.27. The summed E-state index contributed by atoms with van der Waals surface area (Å²) in [7, 11) is 0.831. The average Bonchev–Trinajstić information content (AvgIpc) is 3.66. The molecular weight excluding hydrogens is 683 g/mol. The molecule has 48 heavy (non-hydrogen) atoms. The Balaban J connectivity index is 1.46. The highest BCUT2D eigenvalue weighted by Crippen LogP contribution is 2.63. The van der Waals surface area contributed by atoms with E-state index in [1.165, 1.54) is 24.3 Å². The number of carbonyl (C=O) groups excluding carboxylic acids is 3. The smallest absolute Gasteiger partial charge is 0.417 e. The second-order valence-electron chi connectivity index (χ2n) is 12.3. The summed E-state index contributed by atoms with van der Waals surface area (Å²) in [6.45, 7) is -0.101. The molecule has 0 radical (unpaired) electrons. The van der Waals surface area contributed by atoms with Crippen molar-refractivity contribution in [3.05, 3.63) is 96.8 Å². The van der Waals surface area contributed by atoms with Crippen molar-refractivity contribution in [2.45, 2.75) is 36.5 Å². The lowest BCUT2D eigenvalue weighted by Gasteiger charge is -2.41. The zero-order valence-corrected chi connectivity index (χ0v) is 26.3. The molecule has 4 aliphatic rings. The van der Waals surface area contributed by atoms with Gasteiger partial charge in [0.05, 0.1) is 34.1 Å². The number of alkyl halides is 3. The minimum absolute atomic E-state index is 0.0736. The Morgan fingerprint density at radius 1 is 1.15 bits per heavy atom. The van der Waals surface area contributed by atoms with Crippen molar-refractivity contribution in [1.82, 2.24) is 4.90 Å². The molecule has 4 atom stereocenters. The number of hydrogen-bond acceptors (Lipinski definition) is 7. The summed E-state index contributed by atoms with van der Waals surface area (Å²) in [5, 5.41) is 15.1. The normalized spacial score (nSPS) is 25.0. The van der Waals surface area contributed by atoms with Crippen molar-refractivity contribution < 1.29 is 41.6 Å². The number of nitro groups is 1. The molecule has 3 aromatic carbocycles. The molecule has 3 heterocycles. The lowest BCUT2D eigenvalue weighted by Crippen LogP contribution is -2.54. The van der Waals surface area contributed by atoms with E-state index in [4.69, 9.17) is 23.2 Å². The number of ether oxygens (including phenoxy) is 1. The number of amides is 2. The van der Waals surface area contributed by atoms with Crippen LogP contribution in [0, 0.1) is 27.8 Å². The molecule has 1 spiro atoms. The van der Waals surface area contributed by atoms with Crippen molar-refractivity contribution in [3.63, 3.8) is 0 Å². The van der Waals surface area contributed by atoms with Crippen LogP contribution in [0.5, 0.6) is 0 Å². The van der Waals surface area contributed by atoms with Gasteiger partial charge >= 0.3 is 12.1 Å². The number of nitro benzene ring substituents is 1. The van der Waals surface area contributed by atoms with Crippen LogP contribution in [-0.2, 0) is 26.0 Å². The molecule has 2 saturated heterocycles. The minimum atomic E-state index is -5.16. The highest BCUT2D eigenvalue weighted by atomic mass is 35.5. The summed E-state index contributed by atoms with van der Waals surface area (Å²) in [4.78, 5) is 55.2. The number of methoxy groups -OCH3 is 1. The number of fused-ring (bicyclic) bond motifs is 3. The molecule has 2 amide bonds. The number of anilines is 2. The summed E-state index contributed by atoms with van der Waals surface area (Å²) in [6, 6.07) is 8.81. The number of hydrogen-bond donors (Lipinski definition) is 1. The Morgan fingerprint density at radius 2 is 1.88 bits per heavy atom. The monoisotopic (exact) mass is 706 g/mol. The molecule has 10 nitrogen and oxygen atoms in total. The van der Waals surface area contributed by atoms with Crippen LogP contribution < -0.4 is 10.2 Å². The predicted molar refractivity (Wildman–Crippen MR) is 164 cm³/mol. The highest BCUT2D eigenvalue weighted by molar-refractivity contribution is 6.31. The van der Waals surface area contributed by atoms with Crippen LogP contribution in [0.3, 0.4) is 0 Å². The number of nitrogens with zero attached hydrogens (tertiary/aromatic N) is 3. The van der Waals surface area contributed by atoms with E-state index in [1.807, 2.05) is 0 Å². The first-order valence-corrected chi connectivity index (χ1v) is 15.6. The van der Waals surface area contributed by atoms with E-state index in [9.17, 15) is 37.7 Å². The molecule has 1 aliphatic carbocycles. The van der Waals surface area contributed by atoms with E-state index >= 15 is 4.39 Å². The maximum absolute atomic E-state index is 16.1. The van der Waals surface area contributed by atoms with E-state index in [-0.39, 0.29) is 29.6 Å². The van der Waals surface area contributed by atoms with Crippen LogP contribution in [0.1, 0.15) is 45.8 Å². The van der Waals surface area contributed by atoms with Gasteiger partial charge in [-0.25, -0.2) is 9.18 Å². The molecular formula is C32H24Cl2F4N4O6. The van der Waals surface area contributed by atoms with Crippen LogP contribution in [0.4, 0.5) is 34.6 Å². The summed E-state index contributed by atoms with van der Waals surface area (Å²) in [5.74, 6) is -6.19. The molecule has 3 fully saturated rings. The van der Waals surface area contributed by atoms with Crippen LogP contribution in [0.2, 0.25) is 10.0 Å². The number of carbonyl (C=O) groups is 3. The van der Waals surface area contributed by atoms with Gasteiger partial charge in [0.25, 0.3) is 5.69 Å². The summed E-state index contributed by atoms with van der Waals surface area (Å²) < 4.78 is 63.3. The molecule has 16 heteroatoms. The molecule has 7 rings (SSSR count). The third-order valence-electron chi connectivity index (χ3n) is 9.77. The number of esters is 1. The van der Waals surface area contributed by atoms with E-state index in [0.717, 1.165) is 24.9 Å². The van der Waals surface area contributed by atoms with Gasteiger partial charge < -0.3 is 15.0 Å². The standard InChI is InChI=1S/C32H24Cl2F4N4O6/c1-48-29(44)17-10-23(42(46)47)22(11-19(17)32(36,37)38)40-13-24-25(28(40)43)26(16-3-2-4-20(34)27(16)35)31(41(24)12-14-5-6-14)18-8-7-15(33)9-21(18)39-30(31)45/h2-4,7-11,14,24-26H,5-6,12-13H2,1H3,(H,39,45)/t24-,25+,26-,31+/m0/s1. The van der Waals surface area contributed by atoms with Gasteiger partial charge in [0.15, 0.2) is 0 Å². The van der Waals surface area contributed by atoms with Gasteiger partial charge in [0, 0.05) is 47.4 Å². The molecule has 1 N–H and O–H groups in total. The van der Waals surface area contributed by atoms with Crippen molar-refractivity contribution in [3.8, 4) is 0 Å². The number of benzene rings is 3. The molecule has 0 aromatic heterocycles. The van der Waals surface area contributed by atoms with Gasteiger partial charge in [-0.3, -0.25) is 24.6 Å². The maximum atomic E-state index is 16.1. The van der Waals surface area contributed by atoms with Crippen molar-refractivity contribution in [1.29, 1.82) is 0 Å². The molecule has 0 unspecified atom stereocenters. The van der Waals surface area contributed by atoms with Crippen LogP contribution in [0.15, 0.2) is 48.5 Å². The van der Waals surface area contributed by atoms with Crippen molar-refractivity contribution in [2.24, 2.45) is 11.8 Å². The second kappa shape index (κ2) is 11.1. The maximum Gasteiger partial charge on any atom is 0.417 e. The third kappa shape index (κ3) is 4.67. The number of halogens is 6. The molecule has 250 valence electrons. The number of rotatable bonds is 6. The first-order valence-electron chi connectivity index (χ1n) is 14.8. The van der Waals surface area contributed by atoms with Crippen LogP contribution in [0.25, 0.3) is 0 Å². The van der Waals surface area contributed by atoms with E-state index in [2.05, 4.69) is 10.1 Å². The van der Waals surface area contributed by atoms with Crippen molar-refractivity contribution in [2.75, 3.05) is 30.4 Å². The van der Waals surface area contributed by atoms with Gasteiger partial charge in [-0.05, 0) is 48.6 Å². The van der Waals surface area contributed by atoms with Crippen molar-refractivity contribution >= 4 is 58.0 Å². The van der Waals surface area contributed by atoms with Gasteiger partial charge in [-0.2, -0.15) is 13.2 Å². The highest BCUT2D eigenvalue weighted by Gasteiger charge is 2.71. The van der Waals surface area contributed by atoms with Crippen LogP contribution >= 0.6 is 23.2 Å². The number of likely N-dealkylation sites (tertiary alicyclic amines) is 1. The fourth-order valence-corrected chi connectivity index (χ4v) is 8.04. The Kier molecular flexibility index (Phi) is 7.49. The van der Waals surface area contributed by atoms with Crippen LogP contribution in [-0.4, -0.2) is 53.8 Å². The fraction of sp³-hybridized carbons (Fsp3) is 0.344. The third-order valence-corrected chi connectivity index (χ3v) is 10.3. The summed E-state index contributed by atoms with van der Waals surface area (Å²) in [6.07, 6.45) is -3.54. The second-order valence-corrected chi connectivity index (χ2v) is 13.1. The molecule has 1 saturated carbocycles.